The Morgan fingerprint density at radius 3 is 2.37 bits per heavy atom. The van der Waals surface area contributed by atoms with E-state index in [1.54, 1.807) is 30.0 Å². The third kappa shape index (κ3) is 5.02. The van der Waals surface area contributed by atoms with Gasteiger partial charge in [0.25, 0.3) is 0 Å². The lowest BCUT2D eigenvalue weighted by atomic mass is 10.1. The van der Waals surface area contributed by atoms with Gasteiger partial charge in [-0.25, -0.2) is 8.42 Å². The normalized spacial score (nSPS) is 14.7. The maximum atomic E-state index is 12.9. The number of piperazine rings is 1. The molecule has 0 radical (unpaired) electrons. The molecule has 1 fully saturated rings. The Morgan fingerprint density at radius 2 is 1.73 bits per heavy atom. The van der Waals surface area contributed by atoms with Crippen molar-refractivity contribution in [3.8, 4) is 0 Å². The molecule has 0 atom stereocenters. The molecule has 0 saturated carbocycles. The summed E-state index contributed by atoms with van der Waals surface area (Å²) in [6.45, 7) is 5.85. The summed E-state index contributed by atoms with van der Waals surface area (Å²) in [6.07, 6.45) is 1.10. The van der Waals surface area contributed by atoms with Gasteiger partial charge in [-0.2, -0.15) is 0 Å². The van der Waals surface area contributed by atoms with Crippen LogP contribution in [-0.2, 0) is 14.8 Å². The lowest BCUT2D eigenvalue weighted by molar-refractivity contribution is -0.129. The van der Waals surface area contributed by atoms with Crippen molar-refractivity contribution in [3.05, 3.63) is 57.6 Å². The molecule has 3 rings (SSSR count). The first-order valence-corrected chi connectivity index (χ1v) is 12.2. The SMILES string of the molecule is Cc1ccc(Cl)cc1N1CCN(C(=O)CN(c2cccc(Cl)c2C)S(C)(=O)=O)CC1. The molecule has 6 nitrogen and oxygen atoms in total. The highest BCUT2D eigenvalue weighted by Crippen LogP contribution is 2.29. The second-order valence-corrected chi connectivity index (χ2v) is 10.2. The van der Waals surface area contributed by atoms with Crippen LogP contribution in [0.5, 0.6) is 0 Å². The zero-order chi connectivity index (χ0) is 22.1. The van der Waals surface area contributed by atoms with Gasteiger partial charge in [0.15, 0.2) is 0 Å². The highest BCUT2D eigenvalue weighted by atomic mass is 35.5. The van der Waals surface area contributed by atoms with Gasteiger partial charge in [0.05, 0.1) is 11.9 Å². The Morgan fingerprint density at radius 1 is 1.07 bits per heavy atom. The molecule has 30 heavy (non-hydrogen) atoms. The molecule has 1 heterocycles. The highest BCUT2D eigenvalue weighted by molar-refractivity contribution is 7.92. The van der Waals surface area contributed by atoms with Crippen molar-refractivity contribution in [2.45, 2.75) is 13.8 Å². The minimum absolute atomic E-state index is 0.234. The summed E-state index contributed by atoms with van der Waals surface area (Å²) in [5.41, 5.74) is 3.23. The number of aryl methyl sites for hydroxylation is 1. The Hall–Kier alpha value is -1.96. The molecule has 0 aromatic heterocycles. The molecule has 162 valence electrons. The number of sulfonamides is 1. The molecule has 0 unspecified atom stereocenters. The molecule has 1 aliphatic heterocycles. The molecular formula is C21H25Cl2N3O3S. The standard InChI is InChI=1S/C21H25Cl2N3O3S/c1-15-7-8-17(22)13-20(15)24-9-11-25(12-10-24)21(27)14-26(30(3,28)29)19-6-4-5-18(23)16(19)2/h4-8,13H,9-12,14H2,1-3H3. The second kappa shape index (κ2) is 9.04. The Balaban J connectivity index is 1.72. The number of rotatable bonds is 5. The first kappa shape index (κ1) is 22.7. The molecule has 0 N–H and O–H groups in total. The van der Waals surface area contributed by atoms with E-state index in [1.807, 2.05) is 25.1 Å². The maximum absolute atomic E-state index is 12.9. The second-order valence-electron chi connectivity index (χ2n) is 7.45. The number of amides is 1. The predicted molar refractivity (Wildman–Crippen MR) is 123 cm³/mol. The smallest absolute Gasteiger partial charge is 0.243 e. The topological polar surface area (TPSA) is 60.9 Å². The van der Waals surface area contributed by atoms with Crippen molar-refractivity contribution in [2.24, 2.45) is 0 Å². The third-order valence-corrected chi connectivity index (χ3v) is 7.10. The van der Waals surface area contributed by atoms with E-state index in [9.17, 15) is 13.2 Å². The van der Waals surface area contributed by atoms with Crippen LogP contribution in [0.25, 0.3) is 0 Å². The van der Waals surface area contributed by atoms with Gasteiger partial charge in [-0.05, 0) is 49.2 Å². The number of anilines is 2. The first-order valence-electron chi connectivity index (χ1n) is 9.59. The number of hydrogen-bond acceptors (Lipinski definition) is 4. The summed E-state index contributed by atoms with van der Waals surface area (Å²) in [5, 5.41) is 1.13. The van der Waals surface area contributed by atoms with Crippen molar-refractivity contribution < 1.29 is 13.2 Å². The van der Waals surface area contributed by atoms with E-state index in [1.165, 1.54) is 0 Å². The van der Waals surface area contributed by atoms with Gasteiger partial charge in [0.1, 0.15) is 6.54 Å². The summed E-state index contributed by atoms with van der Waals surface area (Å²) >= 11 is 12.3. The molecular weight excluding hydrogens is 445 g/mol. The number of benzene rings is 2. The molecule has 1 saturated heterocycles. The summed E-state index contributed by atoms with van der Waals surface area (Å²) in [5.74, 6) is -0.234. The summed E-state index contributed by atoms with van der Waals surface area (Å²) in [7, 11) is -3.65. The number of halogens is 2. The number of nitrogens with zero attached hydrogens (tertiary/aromatic N) is 3. The maximum Gasteiger partial charge on any atom is 0.243 e. The van der Waals surface area contributed by atoms with Gasteiger partial charge in [0.2, 0.25) is 15.9 Å². The van der Waals surface area contributed by atoms with Crippen molar-refractivity contribution in [2.75, 3.05) is 48.2 Å². The predicted octanol–water partition coefficient (Wildman–Crippen LogP) is 3.73. The molecule has 9 heteroatoms. The fourth-order valence-corrected chi connectivity index (χ4v) is 4.83. The largest absolute Gasteiger partial charge is 0.368 e. The quantitative estimate of drug-likeness (QED) is 0.669. The fourth-order valence-electron chi connectivity index (χ4n) is 3.59. The van der Waals surface area contributed by atoms with Gasteiger partial charge in [-0.3, -0.25) is 9.10 Å². The van der Waals surface area contributed by atoms with Crippen molar-refractivity contribution in [1.29, 1.82) is 0 Å². The van der Waals surface area contributed by atoms with Gasteiger partial charge in [0, 0.05) is 41.9 Å². The Bertz CT molecular complexity index is 1050. The van der Waals surface area contributed by atoms with Crippen LogP contribution in [0.15, 0.2) is 36.4 Å². The van der Waals surface area contributed by atoms with Crippen LogP contribution in [0.2, 0.25) is 10.0 Å². The minimum Gasteiger partial charge on any atom is -0.368 e. The van der Waals surface area contributed by atoms with E-state index >= 15 is 0 Å². The number of carbonyl (C=O) groups is 1. The van der Waals surface area contributed by atoms with E-state index in [-0.39, 0.29) is 12.5 Å². The number of hydrogen-bond donors (Lipinski definition) is 0. The Kier molecular flexibility index (Phi) is 6.84. The van der Waals surface area contributed by atoms with E-state index < -0.39 is 10.0 Å². The zero-order valence-electron chi connectivity index (χ0n) is 17.2. The lowest BCUT2D eigenvalue weighted by Crippen LogP contribution is -2.52. The van der Waals surface area contributed by atoms with Crippen LogP contribution < -0.4 is 9.21 Å². The molecule has 2 aromatic rings. The molecule has 1 aliphatic rings. The average Bonchev–Trinajstić information content (AvgIpc) is 2.69. The minimum atomic E-state index is -3.65. The van der Waals surface area contributed by atoms with E-state index in [0.717, 1.165) is 21.8 Å². The van der Waals surface area contributed by atoms with Gasteiger partial charge < -0.3 is 9.80 Å². The number of carbonyl (C=O) groups excluding carboxylic acids is 1. The van der Waals surface area contributed by atoms with Crippen molar-refractivity contribution >= 4 is 50.5 Å². The van der Waals surface area contributed by atoms with Crippen LogP contribution in [-0.4, -0.2) is 58.2 Å². The van der Waals surface area contributed by atoms with Crippen LogP contribution in [0, 0.1) is 13.8 Å². The van der Waals surface area contributed by atoms with Crippen LogP contribution in [0.3, 0.4) is 0 Å². The van der Waals surface area contributed by atoms with Crippen molar-refractivity contribution in [1.82, 2.24) is 4.90 Å². The molecule has 0 aliphatic carbocycles. The summed E-state index contributed by atoms with van der Waals surface area (Å²) < 4.78 is 26.0. The molecule has 0 spiro atoms. The lowest BCUT2D eigenvalue weighted by Gasteiger charge is -2.37. The van der Waals surface area contributed by atoms with E-state index in [4.69, 9.17) is 23.2 Å². The van der Waals surface area contributed by atoms with Crippen LogP contribution in [0.4, 0.5) is 11.4 Å². The fraction of sp³-hybridized carbons (Fsp3) is 0.381. The highest BCUT2D eigenvalue weighted by Gasteiger charge is 2.28. The zero-order valence-corrected chi connectivity index (χ0v) is 19.6. The first-order chi connectivity index (χ1) is 14.1. The van der Waals surface area contributed by atoms with Crippen LogP contribution >= 0.6 is 23.2 Å². The van der Waals surface area contributed by atoms with Gasteiger partial charge >= 0.3 is 0 Å². The monoisotopic (exact) mass is 469 g/mol. The van der Waals surface area contributed by atoms with Gasteiger partial charge in [-0.15, -0.1) is 0 Å². The van der Waals surface area contributed by atoms with Gasteiger partial charge in [-0.1, -0.05) is 35.3 Å². The Labute approximate surface area is 188 Å². The average molecular weight is 470 g/mol. The van der Waals surface area contributed by atoms with Crippen molar-refractivity contribution in [3.63, 3.8) is 0 Å². The summed E-state index contributed by atoms with van der Waals surface area (Å²) in [4.78, 5) is 16.8. The molecule has 0 bridgehead atoms. The van der Waals surface area contributed by atoms with E-state index in [2.05, 4.69) is 4.90 Å². The van der Waals surface area contributed by atoms with E-state index in [0.29, 0.717) is 47.5 Å². The van der Waals surface area contributed by atoms with Crippen LogP contribution in [0.1, 0.15) is 11.1 Å². The third-order valence-electron chi connectivity index (χ3n) is 5.33. The molecule has 1 amide bonds. The summed E-state index contributed by atoms with van der Waals surface area (Å²) in [6, 6.07) is 10.8. The molecule has 2 aromatic carbocycles.